The van der Waals surface area contributed by atoms with Crippen LogP contribution in [0.5, 0.6) is 0 Å². The van der Waals surface area contributed by atoms with E-state index in [1.54, 1.807) is 20.9 Å². The Kier molecular flexibility index (Phi) is 9.20. The molecule has 0 aliphatic carbocycles. The molecule has 0 saturated heterocycles. The Morgan fingerprint density at radius 2 is 1.84 bits per heavy atom. The molecule has 11 heteroatoms. The predicted octanol–water partition coefficient (Wildman–Crippen LogP) is 1.41. The van der Waals surface area contributed by atoms with Crippen molar-refractivity contribution >= 4 is 15.9 Å². The summed E-state index contributed by atoms with van der Waals surface area (Å²) in [5.74, 6) is -1.23. The van der Waals surface area contributed by atoms with Crippen LogP contribution in [-0.2, 0) is 14.8 Å². The quantitative estimate of drug-likeness (QED) is 0.531. The Bertz CT molecular complexity index is 975. The van der Waals surface area contributed by atoms with Gasteiger partial charge in [-0.25, -0.2) is 17.8 Å². The normalized spacial score (nSPS) is 14.7. The van der Waals surface area contributed by atoms with Gasteiger partial charge in [-0.2, -0.15) is 4.31 Å². The first-order chi connectivity index (χ1) is 15.1. The molecule has 0 aliphatic heterocycles. The zero-order chi connectivity index (χ0) is 23.9. The van der Waals surface area contributed by atoms with E-state index in [2.05, 4.69) is 9.97 Å². The lowest BCUT2D eigenvalue weighted by atomic mass is 10.0. The molecule has 1 aromatic heterocycles. The molecule has 1 amide bonds. The predicted molar refractivity (Wildman–Crippen MR) is 116 cm³/mol. The average Bonchev–Trinajstić information content (AvgIpc) is 2.80. The van der Waals surface area contributed by atoms with Gasteiger partial charge in [0.15, 0.2) is 0 Å². The van der Waals surface area contributed by atoms with Gasteiger partial charge in [0.1, 0.15) is 11.5 Å². The number of carbonyl (C=O) groups is 1. The number of aliphatic hydroxyl groups is 1. The SMILES string of the molecule is CO[C@H](CN(C)C(=O)c1cnccn1)[C@@H](C)CN([C@@H](C)CO)S(=O)(=O)c1ccc(F)cc1. The van der Waals surface area contributed by atoms with Gasteiger partial charge >= 0.3 is 0 Å². The van der Waals surface area contributed by atoms with Crippen molar-refractivity contribution in [3.05, 3.63) is 54.4 Å². The molecule has 2 rings (SSSR count). The average molecular weight is 469 g/mol. The fraction of sp³-hybridized carbons (Fsp3) is 0.476. The lowest BCUT2D eigenvalue weighted by molar-refractivity contribution is 0.0219. The number of hydrogen-bond acceptors (Lipinski definition) is 7. The maximum absolute atomic E-state index is 13.3. The van der Waals surface area contributed by atoms with Crippen molar-refractivity contribution in [3.63, 3.8) is 0 Å². The van der Waals surface area contributed by atoms with Gasteiger partial charge in [-0.15, -0.1) is 0 Å². The third kappa shape index (κ3) is 6.28. The fourth-order valence-corrected chi connectivity index (χ4v) is 4.92. The van der Waals surface area contributed by atoms with Crippen LogP contribution in [0.15, 0.2) is 47.8 Å². The van der Waals surface area contributed by atoms with E-state index in [0.717, 1.165) is 12.1 Å². The van der Waals surface area contributed by atoms with Crippen molar-refractivity contribution in [3.8, 4) is 0 Å². The van der Waals surface area contributed by atoms with E-state index in [9.17, 15) is 22.7 Å². The van der Waals surface area contributed by atoms with Crippen molar-refractivity contribution in [2.45, 2.75) is 30.9 Å². The molecule has 32 heavy (non-hydrogen) atoms. The molecule has 0 fully saturated rings. The number of aliphatic hydroxyl groups excluding tert-OH is 1. The molecule has 176 valence electrons. The maximum Gasteiger partial charge on any atom is 0.273 e. The molecule has 3 atom stereocenters. The second-order valence-corrected chi connectivity index (χ2v) is 9.48. The topological polar surface area (TPSA) is 113 Å². The Hall–Kier alpha value is -2.47. The Balaban J connectivity index is 2.19. The van der Waals surface area contributed by atoms with E-state index in [1.165, 1.54) is 47.0 Å². The van der Waals surface area contributed by atoms with Crippen molar-refractivity contribution in [1.82, 2.24) is 19.2 Å². The van der Waals surface area contributed by atoms with E-state index < -0.39 is 34.6 Å². The molecular formula is C21H29FN4O5S. The van der Waals surface area contributed by atoms with E-state index >= 15 is 0 Å². The summed E-state index contributed by atoms with van der Waals surface area (Å²) in [5.41, 5.74) is 0.187. The van der Waals surface area contributed by atoms with Gasteiger partial charge in [-0.3, -0.25) is 9.78 Å². The Morgan fingerprint density at radius 1 is 1.19 bits per heavy atom. The summed E-state index contributed by atoms with van der Waals surface area (Å²) in [6.45, 7) is 3.19. The fourth-order valence-electron chi connectivity index (χ4n) is 3.19. The zero-order valence-corrected chi connectivity index (χ0v) is 19.4. The summed E-state index contributed by atoms with van der Waals surface area (Å²) in [5, 5.41) is 9.65. The van der Waals surface area contributed by atoms with Gasteiger partial charge in [0, 0.05) is 45.7 Å². The highest BCUT2D eigenvalue weighted by atomic mass is 32.2. The van der Waals surface area contributed by atoms with Gasteiger partial charge in [-0.1, -0.05) is 6.92 Å². The molecule has 2 aromatic rings. The number of ether oxygens (including phenoxy) is 1. The van der Waals surface area contributed by atoms with Crippen LogP contribution in [-0.4, -0.2) is 84.6 Å². The number of aromatic nitrogens is 2. The standard InChI is InChI=1S/C21H29FN4O5S/c1-15(20(31-4)13-25(3)21(28)19-11-23-9-10-24-19)12-26(16(2)14-27)32(29,30)18-7-5-17(22)6-8-18/h5-11,15-16,20,27H,12-14H2,1-4H3/t15-,16-,20+/m0/s1. The van der Waals surface area contributed by atoms with Gasteiger partial charge in [0.25, 0.3) is 5.91 Å². The second-order valence-electron chi connectivity index (χ2n) is 7.59. The van der Waals surface area contributed by atoms with Crippen molar-refractivity contribution in [2.24, 2.45) is 5.92 Å². The highest BCUT2D eigenvalue weighted by Gasteiger charge is 2.33. The van der Waals surface area contributed by atoms with Gasteiger partial charge in [0.2, 0.25) is 10.0 Å². The van der Waals surface area contributed by atoms with Crippen LogP contribution in [0.2, 0.25) is 0 Å². The highest BCUT2D eigenvalue weighted by Crippen LogP contribution is 2.22. The van der Waals surface area contributed by atoms with E-state index in [4.69, 9.17) is 4.74 Å². The second kappa shape index (κ2) is 11.4. The third-order valence-electron chi connectivity index (χ3n) is 5.16. The summed E-state index contributed by atoms with van der Waals surface area (Å²) in [7, 11) is -0.923. The molecule has 0 saturated carbocycles. The van der Waals surface area contributed by atoms with Crippen LogP contribution in [0.25, 0.3) is 0 Å². The minimum atomic E-state index is -4.00. The van der Waals surface area contributed by atoms with Crippen LogP contribution >= 0.6 is 0 Å². The number of rotatable bonds is 11. The molecule has 0 radical (unpaired) electrons. The van der Waals surface area contributed by atoms with Crippen molar-refractivity contribution in [1.29, 1.82) is 0 Å². The Labute approximate surface area is 187 Å². The van der Waals surface area contributed by atoms with Crippen LogP contribution in [0.4, 0.5) is 4.39 Å². The molecular weight excluding hydrogens is 439 g/mol. The van der Waals surface area contributed by atoms with E-state index in [1.807, 2.05) is 0 Å². The molecule has 0 spiro atoms. The number of sulfonamides is 1. The summed E-state index contributed by atoms with van der Waals surface area (Å²) in [6, 6.07) is 3.80. The van der Waals surface area contributed by atoms with Crippen LogP contribution in [0.3, 0.4) is 0 Å². The highest BCUT2D eigenvalue weighted by molar-refractivity contribution is 7.89. The molecule has 1 aromatic carbocycles. The molecule has 0 aliphatic rings. The molecule has 9 nitrogen and oxygen atoms in total. The largest absolute Gasteiger partial charge is 0.395 e. The first kappa shape index (κ1) is 25.8. The summed E-state index contributed by atoms with van der Waals surface area (Å²) in [6.07, 6.45) is 3.75. The molecule has 1 N–H and O–H groups in total. The van der Waals surface area contributed by atoms with Gasteiger partial charge < -0.3 is 14.7 Å². The molecule has 0 bridgehead atoms. The monoisotopic (exact) mass is 468 g/mol. The number of hydrogen-bond donors (Lipinski definition) is 1. The van der Waals surface area contributed by atoms with Crippen LogP contribution < -0.4 is 0 Å². The minimum absolute atomic E-state index is 0.0209. The number of nitrogens with zero attached hydrogens (tertiary/aromatic N) is 4. The number of amides is 1. The van der Waals surface area contributed by atoms with Gasteiger partial charge in [-0.05, 0) is 37.1 Å². The summed E-state index contributed by atoms with van der Waals surface area (Å²) >= 11 is 0. The number of carbonyl (C=O) groups excluding carboxylic acids is 1. The molecule has 0 unspecified atom stereocenters. The van der Waals surface area contributed by atoms with Crippen molar-refractivity contribution < 1.29 is 27.4 Å². The van der Waals surface area contributed by atoms with E-state index in [0.29, 0.717) is 0 Å². The lowest BCUT2D eigenvalue weighted by Crippen LogP contribution is -2.47. The zero-order valence-electron chi connectivity index (χ0n) is 18.6. The summed E-state index contributed by atoms with van der Waals surface area (Å²) in [4.78, 5) is 21.8. The van der Waals surface area contributed by atoms with Gasteiger partial charge in [0.05, 0.1) is 23.8 Å². The van der Waals surface area contributed by atoms with Crippen LogP contribution in [0, 0.1) is 11.7 Å². The first-order valence-corrected chi connectivity index (χ1v) is 11.5. The maximum atomic E-state index is 13.3. The third-order valence-corrected chi connectivity index (χ3v) is 7.16. The first-order valence-electron chi connectivity index (χ1n) is 10.0. The smallest absolute Gasteiger partial charge is 0.273 e. The van der Waals surface area contributed by atoms with E-state index in [-0.39, 0.29) is 35.5 Å². The molecule has 1 heterocycles. The summed E-state index contributed by atoms with van der Waals surface area (Å²) < 4.78 is 46.3. The Morgan fingerprint density at radius 3 is 2.38 bits per heavy atom. The number of halogens is 1. The number of benzene rings is 1. The minimum Gasteiger partial charge on any atom is -0.395 e. The lowest BCUT2D eigenvalue weighted by Gasteiger charge is -2.33. The number of likely N-dealkylation sites (N-methyl/N-ethyl adjacent to an activating group) is 1. The van der Waals surface area contributed by atoms with Crippen molar-refractivity contribution in [2.75, 3.05) is 33.9 Å². The number of methoxy groups -OCH3 is 1. The van der Waals surface area contributed by atoms with Crippen LogP contribution in [0.1, 0.15) is 24.3 Å².